The van der Waals surface area contributed by atoms with Crippen molar-refractivity contribution in [1.29, 1.82) is 0 Å². The van der Waals surface area contributed by atoms with Crippen LogP contribution >= 0.6 is 0 Å². The van der Waals surface area contributed by atoms with Crippen LogP contribution in [0.3, 0.4) is 0 Å². The third kappa shape index (κ3) is 2.82. The number of methoxy groups -OCH3 is 1. The number of sulfonamides is 1. The van der Waals surface area contributed by atoms with Gasteiger partial charge in [-0.3, -0.25) is 0 Å². The van der Waals surface area contributed by atoms with Gasteiger partial charge in [0.05, 0.1) is 18.6 Å². The fourth-order valence-electron chi connectivity index (χ4n) is 2.65. The number of benzene rings is 1. The SMILES string of the molecule is COc1cc(C)c(S(=O)(=O)NCC[O])c(C)c1C1CC1. The van der Waals surface area contributed by atoms with Crippen molar-refractivity contribution in [1.82, 2.24) is 4.72 Å². The largest absolute Gasteiger partial charge is 0.496 e. The van der Waals surface area contributed by atoms with Crippen molar-refractivity contribution >= 4 is 10.0 Å². The van der Waals surface area contributed by atoms with E-state index in [2.05, 4.69) is 4.72 Å². The Hall–Kier alpha value is -1.11. The van der Waals surface area contributed by atoms with Crippen LogP contribution in [0.4, 0.5) is 0 Å². The van der Waals surface area contributed by atoms with Gasteiger partial charge < -0.3 is 4.74 Å². The molecular formula is C14H20NO4S. The third-order valence-electron chi connectivity index (χ3n) is 3.58. The van der Waals surface area contributed by atoms with Crippen molar-refractivity contribution < 1.29 is 18.3 Å². The van der Waals surface area contributed by atoms with E-state index >= 15 is 0 Å². The van der Waals surface area contributed by atoms with Crippen molar-refractivity contribution in [2.45, 2.75) is 37.5 Å². The highest BCUT2D eigenvalue weighted by molar-refractivity contribution is 7.89. The zero-order valence-corrected chi connectivity index (χ0v) is 12.8. The minimum Gasteiger partial charge on any atom is -0.496 e. The molecule has 1 radical (unpaired) electrons. The predicted molar refractivity (Wildman–Crippen MR) is 75.2 cm³/mol. The summed E-state index contributed by atoms with van der Waals surface area (Å²) < 4.78 is 32.4. The van der Waals surface area contributed by atoms with Crippen LogP contribution in [0.2, 0.25) is 0 Å². The van der Waals surface area contributed by atoms with Gasteiger partial charge in [-0.15, -0.1) is 0 Å². The first-order valence-corrected chi connectivity index (χ1v) is 8.16. The molecule has 111 valence electrons. The van der Waals surface area contributed by atoms with Gasteiger partial charge in [0.2, 0.25) is 10.0 Å². The molecule has 0 heterocycles. The summed E-state index contributed by atoms with van der Waals surface area (Å²) in [6.07, 6.45) is 2.13. The smallest absolute Gasteiger partial charge is 0.241 e. The summed E-state index contributed by atoms with van der Waals surface area (Å²) in [4.78, 5) is 0.286. The molecule has 2 rings (SSSR count). The molecule has 0 amide bonds. The molecule has 5 nitrogen and oxygen atoms in total. The van der Waals surface area contributed by atoms with Gasteiger partial charge in [0, 0.05) is 12.1 Å². The Morgan fingerprint density at radius 2 is 2.00 bits per heavy atom. The third-order valence-corrected chi connectivity index (χ3v) is 5.33. The lowest BCUT2D eigenvalue weighted by molar-refractivity contribution is 0.199. The molecule has 1 aromatic carbocycles. The molecule has 6 heteroatoms. The van der Waals surface area contributed by atoms with E-state index in [1.165, 1.54) is 0 Å². The van der Waals surface area contributed by atoms with E-state index in [-0.39, 0.29) is 11.4 Å². The van der Waals surface area contributed by atoms with Gasteiger partial charge in [0.1, 0.15) is 5.75 Å². The lowest BCUT2D eigenvalue weighted by Crippen LogP contribution is -2.28. The fraction of sp³-hybridized carbons (Fsp3) is 0.571. The monoisotopic (exact) mass is 298 g/mol. The Labute approximate surface area is 120 Å². The van der Waals surface area contributed by atoms with Crippen LogP contribution in [-0.2, 0) is 15.1 Å². The maximum absolute atomic E-state index is 12.3. The average Bonchev–Trinajstić information content (AvgIpc) is 3.19. The van der Waals surface area contributed by atoms with Gasteiger partial charge in [-0.05, 0) is 49.8 Å². The van der Waals surface area contributed by atoms with Gasteiger partial charge in [-0.1, -0.05) is 0 Å². The number of nitrogens with one attached hydrogen (secondary N) is 1. The van der Waals surface area contributed by atoms with Crippen LogP contribution in [0.15, 0.2) is 11.0 Å². The number of hydrogen-bond donors (Lipinski definition) is 1. The average molecular weight is 298 g/mol. The molecular weight excluding hydrogens is 278 g/mol. The summed E-state index contributed by atoms with van der Waals surface area (Å²) in [6, 6.07) is 1.77. The lowest BCUT2D eigenvalue weighted by Gasteiger charge is -2.18. The van der Waals surface area contributed by atoms with Crippen molar-refractivity contribution in [2.24, 2.45) is 0 Å². The minimum absolute atomic E-state index is 0.0913. The summed E-state index contributed by atoms with van der Waals surface area (Å²) in [5.74, 6) is 1.14. The molecule has 0 spiro atoms. The maximum Gasteiger partial charge on any atom is 0.241 e. The molecule has 0 aliphatic heterocycles. The zero-order chi connectivity index (χ0) is 14.9. The van der Waals surface area contributed by atoms with Crippen molar-refractivity contribution in [3.63, 3.8) is 0 Å². The fourth-order valence-corrected chi connectivity index (χ4v) is 4.15. The van der Waals surface area contributed by atoms with Crippen LogP contribution in [-0.4, -0.2) is 28.7 Å². The summed E-state index contributed by atoms with van der Waals surface area (Å²) in [5.41, 5.74) is 2.37. The summed E-state index contributed by atoms with van der Waals surface area (Å²) in [6.45, 7) is 3.00. The van der Waals surface area contributed by atoms with Crippen LogP contribution in [0.25, 0.3) is 0 Å². The molecule has 0 atom stereocenters. The van der Waals surface area contributed by atoms with Gasteiger partial charge in [0.25, 0.3) is 0 Å². The number of aryl methyl sites for hydroxylation is 1. The normalized spacial score (nSPS) is 15.4. The van der Waals surface area contributed by atoms with E-state index in [0.717, 1.165) is 29.7 Å². The van der Waals surface area contributed by atoms with E-state index in [4.69, 9.17) is 4.74 Å². The molecule has 1 saturated carbocycles. The van der Waals surface area contributed by atoms with Crippen molar-refractivity contribution in [3.8, 4) is 5.75 Å². The first-order chi connectivity index (χ1) is 9.42. The van der Waals surface area contributed by atoms with Crippen LogP contribution in [0.1, 0.15) is 35.4 Å². The Kier molecular flexibility index (Phi) is 4.36. The molecule has 1 aliphatic carbocycles. The maximum atomic E-state index is 12.3. The summed E-state index contributed by atoms with van der Waals surface area (Å²) in [5, 5.41) is 10.5. The number of ether oxygens (including phenoxy) is 1. The molecule has 0 unspecified atom stereocenters. The molecule has 1 aromatic rings. The van der Waals surface area contributed by atoms with E-state index in [1.807, 2.05) is 6.92 Å². The Morgan fingerprint density at radius 1 is 1.35 bits per heavy atom. The highest BCUT2D eigenvalue weighted by Gasteiger charge is 2.32. The van der Waals surface area contributed by atoms with Crippen LogP contribution in [0.5, 0.6) is 5.75 Å². The lowest BCUT2D eigenvalue weighted by atomic mass is 10.0. The van der Waals surface area contributed by atoms with Crippen molar-refractivity contribution in [2.75, 3.05) is 20.3 Å². The Balaban J connectivity index is 2.56. The second-order valence-electron chi connectivity index (χ2n) is 5.14. The molecule has 0 aromatic heterocycles. The van der Waals surface area contributed by atoms with E-state index in [0.29, 0.717) is 11.5 Å². The first kappa shape index (κ1) is 15.3. The van der Waals surface area contributed by atoms with Crippen LogP contribution in [0, 0.1) is 13.8 Å². The van der Waals surface area contributed by atoms with Gasteiger partial charge in [0.15, 0.2) is 0 Å². The standard InChI is InChI=1S/C14H20NO4S/c1-9-8-12(19-3)13(11-4-5-11)10(2)14(9)20(17,18)15-6-7-16/h8,11,15H,4-7H2,1-3H3. The van der Waals surface area contributed by atoms with Gasteiger partial charge in [-0.25, -0.2) is 18.2 Å². The number of hydrogen-bond acceptors (Lipinski definition) is 3. The Bertz CT molecular complexity index is 606. The highest BCUT2D eigenvalue weighted by Crippen LogP contribution is 2.47. The van der Waals surface area contributed by atoms with Crippen LogP contribution < -0.4 is 9.46 Å². The van der Waals surface area contributed by atoms with Gasteiger partial charge in [-0.2, -0.15) is 0 Å². The topological polar surface area (TPSA) is 75.3 Å². The van der Waals surface area contributed by atoms with Crippen molar-refractivity contribution in [3.05, 3.63) is 22.8 Å². The van der Waals surface area contributed by atoms with E-state index < -0.39 is 16.6 Å². The second-order valence-corrected chi connectivity index (χ2v) is 6.84. The minimum atomic E-state index is -3.64. The molecule has 20 heavy (non-hydrogen) atoms. The number of rotatable bonds is 6. The van der Waals surface area contributed by atoms with E-state index in [1.54, 1.807) is 20.1 Å². The second kappa shape index (κ2) is 5.71. The van der Waals surface area contributed by atoms with E-state index in [9.17, 15) is 13.5 Å². The van der Waals surface area contributed by atoms with Gasteiger partial charge >= 0.3 is 0 Å². The molecule has 1 fully saturated rings. The predicted octanol–water partition coefficient (Wildman–Crippen LogP) is 1.90. The Morgan fingerprint density at radius 3 is 2.50 bits per heavy atom. The molecule has 0 bridgehead atoms. The molecule has 1 aliphatic rings. The highest BCUT2D eigenvalue weighted by atomic mass is 32.2. The quantitative estimate of drug-likeness (QED) is 0.871. The summed E-state index contributed by atoms with van der Waals surface area (Å²) >= 11 is 0. The summed E-state index contributed by atoms with van der Waals surface area (Å²) in [7, 11) is -2.04. The first-order valence-electron chi connectivity index (χ1n) is 6.68. The zero-order valence-electron chi connectivity index (χ0n) is 12.0. The molecule has 1 N–H and O–H groups in total. The molecule has 0 saturated heterocycles.